The summed E-state index contributed by atoms with van der Waals surface area (Å²) in [4.78, 5) is 2.18. The van der Waals surface area contributed by atoms with Crippen LogP contribution in [0, 0.1) is 5.41 Å². The van der Waals surface area contributed by atoms with Crippen molar-refractivity contribution >= 4 is 0 Å². The maximum absolute atomic E-state index is 9.66. The number of rotatable bonds is 6. The van der Waals surface area contributed by atoms with Crippen molar-refractivity contribution in [3.8, 4) is 0 Å². The van der Waals surface area contributed by atoms with E-state index >= 15 is 0 Å². The lowest BCUT2D eigenvalue weighted by Crippen LogP contribution is -2.43. The van der Waals surface area contributed by atoms with Gasteiger partial charge in [-0.2, -0.15) is 0 Å². The third-order valence-electron chi connectivity index (χ3n) is 2.01. The van der Waals surface area contributed by atoms with E-state index in [0.717, 1.165) is 13.1 Å². The molecule has 0 fully saturated rings. The molecular formula is C11H26N2O. The highest BCUT2D eigenvalue weighted by molar-refractivity contribution is 4.77. The largest absolute Gasteiger partial charge is 0.389 e. The lowest BCUT2D eigenvalue weighted by molar-refractivity contribution is 0.0342. The Hall–Kier alpha value is -0.120. The summed E-state index contributed by atoms with van der Waals surface area (Å²) >= 11 is 0. The van der Waals surface area contributed by atoms with E-state index in [1.54, 1.807) is 0 Å². The lowest BCUT2D eigenvalue weighted by Gasteiger charge is -2.33. The van der Waals surface area contributed by atoms with Gasteiger partial charge in [0.05, 0.1) is 5.60 Å². The van der Waals surface area contributed by atoms with E-state index in [1.165, 1.54) is 0 Å². The van der Waals surface area contributed by atoms with Crippen molar-refractivity contribution in [2.45, 2.75) is 33.3 Å². The second-order valence-corrected chi connectivity index (χ2v) is 5.68. The summed E-state index contributed by atoms with van der Waals surface area (Å²) < 4.78 is 0. The van der Waals surface area contributed by atoms with Crippen molar-refractivity contribution in [1.29, 1.82) is 0 Å². The number of hydrogen-bond acceptors (Lipinski definition) is 3. The van der Waals surface area contributed by atoms with Crippen LogP contribution in [-0.4, -0.2) is 49.3 Å². The predicted octanol–water partition coefficient (Wildman–Crippen LogP) is 0.935. The highest BCUT2D eigenvalue weighted by Gasteiger charge is 2.22. The van der Waals surface area contributed by atoms with Gasteiger partial charge in [-0.3, -0.25) is 0 Å². The van der Waals surface area contributed by atoms with Crippen LogP contribution in [0.15, 0.2) is 0 Å². The van der Waals surface area contributed by atoms with Crippen LogP contribution < -0.4 is 5.32 Å². The number of hydrogen-bond donors (Lipinski definition) is 2. The highest BCUT2D eigenvalue weighted by Crippen LogP contribution is 2.16. The second kappa shape index (κ2) is 5.10. The molecule has 0 aromatic rings. The van der Waals surface area contributed by atoms with Crippen LogP contribution in [0.3, 0.4) is 0 Å². The third-order valence-corrected chi connectivity index (χ3v) is 2.01. The molecule has 0 aliphatic carbocycles. The van der Waals surface area contributed by atoms with Gasteiger partial charge in [0.1, 0.15) is 0 Å². The number of likely N-dealkylation sites (N-methyl/N-ethyl adjacent to an activating group) is 1. The molecule has 0 unspecified atom stereocenters. The summed E-state index contributed by atoms with van der Waals surface area (Å²) in [7, 11) is 4.02. The minimum Gasteiger partial charge on any atom is -0.389 e. The highest BCUT2D eigenvalue weighted by atomic mass is 16.3. The molecular weight excluding hydrogens is 176 g/mol. The second-order valence-electron chi connectivity index (χ2n) is 5.68. The van der Waals surface area contributed by atoms with E-state index < -0.39 is 5.60 Å². The molecule has 0 bridgehead atoms. The quantitative estimate of drug-likeness (QED) is 0.673. The van der Waals surface area contributed by atoms with Gasteiger partial charge < -0.3 is 15.3 Å². The maximum Gasteiger partial charge on any atom is 0.0718 e. The van der Waals surface area contributed by atoms with Crippen molar-refractivity contribution in [3.63, 3.8) is 0 Å². The van der Waals surface area contributed by atoms with Gasteiger partial charge >= 0.3 is 0 Å². The van der Waals surface area contributed by atoms with E-state index in [2.05, 4.69) is 31.1 Å². The Balaban J connectivity index is 3.98. The lowest BCUT2D eigenvalue weighted by atomic mass is 9.92. The molecule has 0 spiro atoms. The van der Waals surface area contributed by atoms with Crippen molar-refractivity contribution in [2.24, 2.45) is 5.41 Å². The smallest absolute Gasteiger partial charge is 0.0718 e. The average molecular weight is 202 g/mol. The first kappa shape index (κ1) is 13.9. The molecule has 0 aliphatic rings. The molecule has 0 rings (SSSR count). The molecule has 0 aromatic carbocycles. The summed E-state index contributed by atoms with van der Waals surface area (Å²) in [5, 5.41) is 12.8. The molecule has 0 saturated heterocycles. The van der Waals surface area contributed by atoms with Crippen molar-refractivity contribution < 1.29 is 5.11 Å². The summed E-state index contributed by atoms with van der Waals surface area (Å²) in [5.41, 5.74) is -0.362. The summed E-state index contributed by atoms with van der Waals surface area (Å²) in [6.07, 6.45) is 0. The minimum atomic E-state index is -0.607. The maximum atomic E-state index is 9.66. The van der Waals surface area contributed by atoms with E-state index in [1.807, 2.05) is 20.9 Å². The van der Waals surface area contributed by atoms with Crippen LogP contribution in [0.25, 0.3) is 0 Å². The summed E-state index contributed by atoms with van der Waals surface area (Å²) in [6.45, 7) is 10.8. The molecule has 0 amide bonds. The van der Waals surface area contributed by atoms with Crippen molar-refractivity contribution in [3.05, 3.63) is 0 Å². The first-order valence-corrected chi connectivity index (χ1v) is 5.22. The summed E-state index contributed by atoms with van der Waals surface area (Å²) in [5.74, 6) is 0. The average Bonchev–Trinajstić information content (AvgIpc) is 1.78. The van der Waals surface area contributed by atoms with Crippen molar-refractivity contribution in [2.75, 3.05) is 33.7 Å². The molecule has 3 nitrogen and oxygen atoms in total. The van der Waals surface area contributed by atoms with E-state index in [0.29, 0.717) is 6.54 Å². The number of nitrogens with one attached hydrogen (secondary N) is 1. The third kappa shape index (κ3) is 7.30. The van der Waals surface area contributed by atoms with Crippen LogP contribution in [0.1, 0.15) is 27.7 Å². The Morgan fingerprint density at radius 3 is 2.00 bits per heavy atom. The van der Waals surface area contributed by atoms with Crippen LogP contribution in [-0.2, 0) is 0 Å². The first-order chi connectivity index (χ1) is 6.16. The number of aliphatic hydroxyl groups is 1. The van der Waals surface area contributed by atoms with Crippen LogP contribution in [0.5, 0.6) is 0 Å². The fourth-order valence-corrected chi connectivity index (χ4v) is 1.98. The van der Waals surface area contributed by atoms with Gasteiger partial charge in [0, 0.05) is 19.6 Å². The fraction of sp³-hybridized carbons (Fsp3) is 1.00. The molecule has 0 aromatic heterocycles. The van der Waals surface area contributed by atoms with Gasteiger partial charge in [0.2, 0.25) is 0 Å². The Kier molecular flexibility index (Phi) is 5.06. The van der Waals surface area contributed by atoms with Gasteiger partial charge in [-0.15, -0.1) is 0 Å². The van der Waals surface area contributed by atoms with Crippen LogP contribution in [0.4, 0.5) is 0 Å². The zero-order chi connectivity index (χ0) is 11.4. The summed E-state index contributed by atoms with van der Waals surface area (Å²) in [6, 6.07) is 0. The molecule has 0 atom stereocenters. The normalized spacial score (nSPS) is 13.7. The standard InChI is InChI=1S/C11H26N2O/c1-10(2,7-12-5)8-13(6)9-11(3,4)14/h12,14H,7-9H2,1-6H3. The van der Waals surface area contributed by atoms with E-state index in [-0.39, 0.29) is 5.41 Å². The Morgan fingerprint density at radius 1 is 1.14 bits per heavy atom. The van der Waals surface area contributed by atoms with Crippen LogP contribution >= 0.6 is 0 Å². The Labute approximate surface area is 88.5 Å². The van der Waals surface area contributed by atoms with Gasteiger partial charge in [-0.05, 0) is 33.4 Å². The minimum absolute atomic E-state index is 0.245. The Bertz CT molecular complexity index is 161. The molecule has 0 radical (unpaired) electrons. The zero-order valence-corrected chi connectivity index (χ0v) is 10.5. The first-order valence-electron chi connectivity index (χ1n) is 5.22. The van der Waals surface area contributed by atoms with E-state index in [9.17, 15) is 5.11 Å². The van der Waals surface area contributed by atoms with Gasteiger partial charge in [0.15, 0.2) is 0 Å². The van der Waals surface area contributed by atoms with Crippen LogP contribution in [0.2, 0.25) is 0 Å². The van der Waals surface area contributed by atoms with Gasteiger partial charge in [0.25, 0.3) is 0 Å². The molecule has 3 heteroatoms. The molecule has 0 aliphatic heterocycles. The monoisotopic (exact) mass is 202 g/mol. The fourth-order valence-electron chi connectivity index (χ4n) is 1.98. The molecule has 0 saturated carbocycles. The van der Waals surface area contributed by atoms with Crippen molar-refractivity contribution in [1.82, 2.24) is 10.2 Å². The predicted molar refractivity (Wildman–Crippen MR) is 61.5 cm³/mol. The molecule has 2 N–H and O–H groups in total. The van der Waals surface area contributed by atoms with Gasteiger partial charge in [-0.25, -0.2) is 0 Å². The molecule has 86 valence electrons. The zero-order valence-electron chi connectivity index (χ0n) is 10.5. The molecule has 0 heterocycles. The Morgan fingerprint density at radius 2 is 1.64 bits per heavy atom. The number of nitrogens with zero attached hydrogens (tertiary/aromatic N) is 1. The molecule has 14 heavy (non-hydrogen) atoms. The topological polar surface area (TPSA) is 35.5 Å². The SMILES string of the molecule is CNCC(C)(C)CN(C)CC(C)(C)O. The van der Waals surface area contributed by atoms with Gasteiger partial charge in [-0.1, -0.05) is 13.8 Å². The van der Waals surface area contributed by atoms with E-state index in [4.69, 9.17) is 0 Å².